The third-order valence-corrected chi connectivity index (χ3v) is 3.15. The monoisotopic (exact) mass is 310 g/mol. The van der Waals surface area contributed by atoms with E-state index in [1.165, 1.54) is 0 Å². The molecule has 0 saturated carbocycles. The van der Waals surface area contributed by atoms with Crippen LogP contribution in [-0.2, 0) is 24.4 Å². The van der Waals surface area contributed by atoms with Gasteiger partial charge in [0.05, 0.1) is 5.02 Å². The van der Waals surface area contributed by atoms with E-state index in [4.69, 9.17) is 31.3 Å². The molecule has 1 unspecified atom stereocenters. The van der Waals surface area contributed by atoms with Crippen LogP contribution in [0.2, 0.25) is 5.02 Å². The van der Waals surface area contributed by atoms with Crippen molar-refractivity contribution in [2.24, 2.45) is 5.73 Å². The van der Waals surface area contributed by atoms with Gasteiger partial charge in [0.1, 0.15) is 24.7 Å². The lowest BCUT2D eigenvalue weighted by Crippen LogP contribution is -2.18. The molecule has 0 radical (unpaired) electrons. The van der Waals surface area contributed by atoms with Crippen LogP contribution < -0.4 is 10.5 Å². The Morgan fingerprint density at radius 3 is 2.90 bits per heavy atom. The largest absolute Gasteiger partial charge is 0.485 e. The van der Waals surface area contributed by atoms with E-state index in [0.717, 1.165) is 5.56 Å². The molecule has 0 saturated heterocycles. The Bertz CT molecular complexity index is 584. The van der Waals surface area contributed by atoms with Gasteiger partial charge < -0.3 is 19.7 Å². The maximum atomic E-state index is 6.20. The van der Waals surface area contributed by atoms with E-state index in [1.807, 2.05) is 19.1 Å². The maximum Gasteiger partial charge on any atom is 0.162 e. The van der Waals surface area contributed by atoms with E-state index in [-0.39, 0.29) is 12.6 Å². The molecule has 21 heavy (non-hydrogen) atoms. The zero-order valence-electron chi connectivity index (χ0n) is 12.1. The van der Waals surface area contributed by atoms with Crippen LogP contribution in [0.3, 0.4) is 0 Å². The van der Waals surface area contributed by atoms with Crippen molar-refractivity contribution in [3.8, 4) is 5.75 Å². The number of hydrogen-bond donors (Lipinski definition) is 1. The van der Waals surface area contributed by atoms with Crippen LogP contribution in [0.15, 0.2) is 28.8 Å². The molecule has 2 aromatic rings. The van der Waals surface area contributed by atoms with Gasteiger partial charge in [0.2, 0.25) is 0 Å². The third-order valence-electron chi connectivity index (χ3n) is 2.85. The summed E-state index contributed by atoms with van der Waals surface area (Å²) in [5, 5.41) is 4.49. The number of aromatic nitrogens is 1. The van der Waals surface area contributed by atoms with Crippen molar-refractivity contribution in [3.63, 3.8) is 0 Å². The fourth-order valence-corrected chi connectivity index (χ4v) is 2.25. The molecule has 0 aliphatic carbocycles. The van der Waals surface area contributed by atoms with E-state index in [9.17, 15) is 0 Å². The van der Waals surface area contributed by atoms with Crippen molar-refractivity contribution in [2.45, 2.75) is 32.6 Å². The predicted octanol–water partition coefficient (Wildman–Crippen LogP) is 2.94. The standard InChI is InChI=1S/C15H19ClN2O3/c1-10(17)6-11-4-3-5-14(16)15(11)20-8-12-7-13(9-19-2)21-18-12/h3-5,7,10H,6,8-9,17H2,1-2H3. The number of benzene rings is 1. The molecule has 2 rings (SSSR count). The quantitative estimate of drug-likeness (QED) is 0.851. The maximum absolute atomic E-state index is 6.20. The zero-order valence-corrected chi connectivity index (χ0v) is 12.9. The van der Waals surface area contributed by atoms with Crippen molar-refractivity contribution in [1.82, 2.24) is 5.16 Å². The number of halogens is 1. The summed E-state index contributed by atoms with van der Waals surface area (Å²) in [6.07, 6.45) is 0.698. The average Bonchev–Trinajstić information content (AvgIpc) is 2.86. The summed E-state index contributed by atoms with van der Waals surface area (Å²) in [6, 6.07) is 7.47. The van der Waals surface area contributed by atoms with Crippen molar-refractivity contribution < 1.29 is 14.0 Å². The summed E-state index contributed by atoms with van der Waals surface area (Å²) >= 11 is 6.20. The van der Waals surface area contributed by atoms with Gasteiger partial charge in [-0.3, -0.25) is 0 Å². The number of para-hydroxylation sites is 1. The number of methoxy groups -OCH3 is 1. The van der Waals surface area contributed by atoms with Crippen LogP contribution in [-0.4, -0.2) is 18.3 Å². The normalized spacial score (nSPS) is 12.4. The van der Waals surface area contributed by atoms with Gasteiger partial charge in [-0.1, -0.05) is 28.9 Å². The number of ether oxygens (including phenoxy) is 2. The molecule has 2 N–H and O–H groups in total. The van der Waals surface area contributed by atoms with E-state index >= 15 is 0 Å². The predicted molar refractivity (Wildman–Crippen MR) is 80.4 cm³/mol. The Kier molecular flexibility index (Phi) is 5.61. The molecule has 1 aromatic carbocycles. The Morgan fingerprint density at radius 2 is 2.19 bits per heavy atom. The summed E-state index contributed by atoms with van der Waals surface area (Å²) < 4.78 is 15.9. The molecule has 0 amide bonds. The number of rotatable bonds is 7. The molecule has 0 bridgehead atoms. The second-order valence-corrected chi connectivity index (χ2v) is 5.32. The first kappa shape index (κ1) is 15.8. The molecule has 0 aliphatic rings. The van der Waals surface area contributed by atoms with Crippen molar-refractivity contribution in [1.29, 1.82) is 0 Å². The number of nitrogens with zero attached hydrogens (tertiary/aromatic N) is 1. The molecule has 1 aromatic heterocycles. The molecule has 5 nitrogen and oxygen atoms in total. The van der Waals surface area contributed by atoms with E-state index in [2.05, 4.69) is 5.16 Å². The highest BCUT2D eigenvalue weighted by Gasteiger charge is 2.12. The van der Waals surface area contributed by atoms with Crippen LogP contribution in [0.5, 0.6) is 5.75 Å². The molecule has 6 heteroatoms. The minimum atomic E-state index is 0.0335. The second-order valence-electron chi connectivity index (χ2n) is 4.92. The van der Waals surface area contributed by atoms with Gasteiger partial charge in [-0.05, 0) is 25.0 Å². The van der Waals surface area contributed by atoms with Gasteiger partial charge in [-0.25, -0.2) is 0 Å². The lowest BCUT2D eigenvalue weighted by molar-refractivity contribution is 0.155. The van der Waals surface area contributed by atoms with E-state index in [0.29, 0.717) is 35.3 Å². The Balaban J connectivity index is 2.07. The van der Waals surface area contributed by atoms with Gasteiger partial charge in [0.25, 0.3) is 0 Å². The average molecular weight is 311 g/mol. The van der Waals surface area contributed by atoms with Gasteiger partial charge in [-0.2, -0.15) is 0 Å². The summed E-state index contributed by atoms with van der Waals surface area (Å²) in [5.41, 5.74) is 7.52. The Morgan fingerprint density at radius 1 is 1.38 bits per heavy atom. The minimum Gasteiger partial charge on any atom is -0.485 e. The second kappa shape index (κ2) is 7.45. The fourth-order valence-electron chi connectivity index (χ4n) is 2.00. The Labute approximate surface area is 129 Å². The summed E-state index contributed by atoms with van der Waals surface area (Å²) in [4.78, 5) is 0. The molecular weight excluding hydrogens is 292 g/mol. The van der Waals surface area contributed by atoms with Gasteiger partial charge in [-0.15, -0.1) is 0 Å². The first-order valence-electron chi connectivity index (χ1n) is 6.69. The van der Waals surface area contributed by atoms with Crippen LogP contribution in [0.4, 0.5) is 0 Å². The minimum absolute atomic E-state index is 0.0335. The molecule has 0 aliphatic heterocycles. The molecule has 1 heterocycles. The SMILES string of the molecule is COCc1cc(COc2c(Cl)cccc2CC(C)N)no1. The molecule has 0 spiro atoms. The molecule has 114 valence electrons. The molecule has 0 fully saturated rings. The summed E-state index contributed by atoms with van der Waals surface area (Å²) in [6.45, 7) is 2.61. The highest BCUT2D eigenvalue weighted by atomic mass is 35.5. The van der Waals surface area contributed by atoms with Crippen LogP contribution in [0.1, 0.15) is 23.9 Å². The zero-order chi connectivity index (χ0) is 15.2. The van der Waals surface area contributed by atoms with Crippen LogP contribution in [0.25, 0.3) is 0 Å². The first-order valence-corrected chi connectivity index (χ1v) is 7.07. The van der Waals surface area contributed by atoms with Gasteiger partial charge in [0.15, 0.2) is 5.76 Å². The smallest absolute Gasteiger partial charge is 0.162 e. The highest BCUT2D eigenvalue weighted by Crippen LogP contribution is 2.30. The van der Waals surface area contributed by atoms with Gasteiger partial charge >= 0.3 is 0 Å². The highest BCUT2D eigenvalue weighted by molar-refractivity contribution is 6.32. The number of hydrogen-bond acceptors (Lipinski definition) is 5. The Hall–Kier alpha value is -1.56. The molecule has 1 atom stereocenters. The topological polar surface area (TPSA) is 70.5 Å². The first-order chi connectivity index (χ1) is 10.1. The van der Waals surface area contributed by atoms with Crippen LogP contribution in [0, 0.1) is 0 Å². The summed E-state index contributed by atoms with van der Waals surface area (Å²) in [7, 11) is 1.60. The lowest BCUT2D eigenvalue weighted by Gasteiger charge is -2.13. The van der Waals surface area contributed by atoms with E-state index < -0.39 is 0 Å². The number of nitrogens with two attached hydrogens (primary N) is 1. The fraction of sp³-hybridized carbons (Fsp3) is 0.400. The lowest BCUT2D eigenvalue weighted by atomic mass is 10.1. The van der Waals surface area contributed by atoms with Crippen molar-refractivity contribution in [2.75, 3.05) is 7.11 Å². The third kappa shape index (κ3) is 4.46. The summed E-state index contributed by atoms with van der Waals surface area (Å²) in [5.74, 6) is 1.30. The van der Waals surface area contributed by atoms with Crippen LogP contribution >= 0.6 is 11.6 Å². The molecular formula is C15H19ClN2O3. The van der Waals surface area contributed by atoms with Crippen molar-refractivity contribution in [3.05, 3.63) is 46.3 Å². The van der Waals surface area contributed by atoms with Gasteiger partial charge in [0, 0.05) is 19.2 Å². The van der Waals surface area contributed by atoms with Crippen molar-refractivity contribution >= 4 is 11.6 Å². The van der Waals surface area contributed by atoms with E-state index in [1.54, 1.807) is 19.2 Å².